The van der Waals surface area contributed by atoms with E-state index in [1.165, 1.54) is 4.90 Å². The Hall–Kier alpha value is -3.20. The van der Waals surface area contributed by atoms with Crippen LogP contribution in [0.1, 0.15) is 24.5 Å². The molecule has 8 nitrogen and oxygen atoms in total. The number of benzene rings is 2. The van der Waals surface area contributed by atoms with Crippen LogP contribution in [0.25, 0.3) is 0 Å². The molecule has 1 atom stereocenters. The maximum Gasteiger partial charge on any atom is 0.325 e. The van der Waals surface area contributed by atoms with Crippen LogP contribution in [0.15, 0.2) is 60.7 Å². The van der Waals surface area contributed by atoms with E-state index < -0.39 is 45.8 Å². The highest BCUT2D eigenvalue weighted by molar-refractivity contribution is 7.91. The van der Waals surface area contributed by atoms with E-state index in [1.54, 1.807) is 6.92 Å². The van der Waals surface area contributed by atoms with Crippen molar-refractivity contribution in [3.63, 3.8) is 0 Å². The largest absolute Gasteiger partial charge is 0.337 e. The lowest BCUT2D eigenvalue weighted by Gasteiger charge is -2.29. The van der Waals surface area contributed by atoms with E-state index >= 15 is 0 Å². The van der Waals surface area contributed by atoms with Crippen molar-refractivity contribution in [2.75, 3.05) is 24.6 Å². The third kappa shape index (κ3) is 4.99. The van der Waals surface area contributed by atoms with Crippen molar-refractivity contribution in [1.82, 2.24) is 15.1 Å². The standard InChI is InChI=1S/C25H29N3O5S/c1-2-27(21-13-14-34(32,33)18-21)22(29)17-28-23(30)25(26-24(28)31,15-19-9-5-3-6-10-19)16-20-11-7-4-8-12-20/h3-12,21H,2,13-18H2,1H3,(H,26,31)/t21-/m0/s1. The lowest BCUT2D eigenvalue weighted by molar-refractivity contribution is -0.140. The third-order valence-corrected chi connectivity index (χ3v) is 8.30. The van der Waals surface area contributed by atoms with Gasteiger partial charge in [-0.05, 0) is 24.5 Å². The predicted molar refractivity (Wildman–Crippen MR) is 128 cm³/mol. The van der Waals surface area contributed by atoms with Gasteiger partial charge in [-0.25, -0.2) is 13.2 Å². The molecule has 0 unspecified atom stereocenters. The van der Waals surface area contributed by atoms with Gasteiger partial charge in [0.15, 0.2) is 9.84 Å². The summed E-state index contributed by atoms with van der Waals surface area (Å²) in [4.78, 5) is 42.2. The van der Waals surface area contributed by atoms with Gasteiger partial charge >= 0.3 is 6.03 Å². The Kier molecular flexibility index (Phi) is 6.74. The molecule has 0 saturated carbocycles. The maximum absolute atomic E-state index is 13.7. The van der Waals surface area contributed by atoms with Gasteiger partial charge in [0.1, 0.15) is 12.1 Å². The first kappa shape index (κ1) is 23.9. The molecule has 2 heterocycles. The number of nitrogens with one attached hydrogen (secondary N) is 1. The summed E-state index contributed by atoms with van der Waals surface area (Å²) in [5.74, 6) is -0.919. The number of hydrogen-bond acceptors (Lipinski definition) is 5. The van der Waals surface area contributed by atoms with Crippen molar-refractivity contribution >= 4 is 27.7 Å². The van der Waals surface area contributed by atoms with Crippen LogP contribution in [0.4, 0.5) is 4.79 Å². The van der Waals surface area contributed by atoms with Crippen LogP contribution in [0, 0.1) is 0 Å². The molecule has 180 valence electrons. The molecule has 0 spiro atoms. The number of sulfone groups is 1. The third-order valence-electron chi connectivity index (χ3n) is 6.55. The topological polar surface area (TPSA) is 104 Å². The van der Waals surface area contributed by atoms with Gasteiger partial charge in [0.05, 0.1) is 11.5 Å². The number of hydrogen-bond donors (Lipinski definition) is 1. The Morgan fingerprint density at radius 1 is 1.03 bits per heavy atom. The second-order valence-electron chi connectivity index (χ2n) is 8.96. The molecule has 2 aliphatic rings. The quantitative estimate of drug-likeness (QED) is 0.577. The fourth-order valence-corrected chi connectivity index (χ4v) is 6.63. The molecule has 0 radical (unpaired) electrons. The molecular formula is C25H29N3O5S. The fraction of sp³-hybridized carbons (Fsp3) is 0.400. The van der Waals surface area contributed by atoms with Crippen molar-refractivity contribution in [3.05, 3.63) is 71.8 Å². The first-order chi connectivity index (χ1) is 16.2. The Morgan fingerprint density at radius 3 is 2.06 bits per heavy atom. The molecule has 1 N–H and O–H groups in total. The Labute approximate surface area is 199 Å². The van der Waals surface area contributed by atoms with Crippen LogP contribution >= 0.6 is 0 Å². The zero-order valence-corrected chi connectivity index (χ0v) is 20.0. The maximum atomic E-state index is 13.7. The van der Waals surface area contributed by atoms with Gasteiger partial charge in [0.2, 0.25) is 5.91 Å². The first-order valence-electron chi connectivity index (χ1n) is 11.4. The number of carbonyl (C=O) groups is 3. The number of carbonyl (C=O) groups excluding carboxylic acids is 3. The summed E-state index contributed by atoms with van der Waals surface area (Å²) < 4.78 is 23.8. The van der Waals surface area contributed by atoms with E-state index in [9.17, 15) is 22.8 Å². The lowest BCUT2D eigenvalue weighted by Crippen LogP contribution is -2.52. The van der Waals surface area contributed by atoms with Crippen molar-refractivity contribution in [2.45, 2.75) is 37.8 Å². The Morgan fingerprint density at radius 2 is 1.59 bits per heavy atom. The first-order valence-corrected chi connectivity index (χ1v) is 13.3. The minimum Gasteiger partial charge on any atom is -0.337 e. The number of imide groups is 1. The number of urea groups is 1. The van der Waals surface area contributed by atoms with Gasteiger partial charge in [-0.3, -0.25) is 14.5 Å². The van der Waals surface area contributed by atoms with Crippen LogP contribution in [0.3, 0.4) is 0 Å². The highest BCUT2D eigenvalue weighted by Gasteiger charge is 2.52. The molecule has 2 aliphatic heterocycles. The second-order valence-corrected chi connectivity index (χ2v) is 11.2. The normalized spacial score (nSPS) is 20.9. The van der Waals surface area contributed by atoms with Gasteiger partial charge in [-0.1, -0.05) is 60.7 Å². The van der Waals surface area contributed by atoms with Crippen LogP contribution in [0.5, 0.6) is 0 Å². The van der Waals surface area contributed by atoms with E-state index in [1.807, 2.05) is 60.7 Å². The van der Waals surface area contributed by atoms with E-state index in [2.05, 4.69) is 5.32 Å². The molecule has 4 amide bonds. The molecule has 2 saturated heterocycles. The minimum atomic E-state index is -3.17. The molecule has 0 aliphatic carbocycles. The Bertz CT molecular complexity index is 1130. The van der Waals surface area contributed by atoms with Crippen molar-refractivity contribution < 1.29 is 22.8 Å². The number of nitrogens with zero attached hydrogens (tertiary/aromatic N) is 2. The molecule has 0 bridgehead atoms. The van der Waals surface area contributed by atoms with E-state index in [-0.39, 0.29) is 24.3 Å². The molecule has 4 rings (SSSR count). The summed E-state index contributed by atoms with van der Waals surface area (Å²) >= 11 is 0. The van der Waals surface area contributed by atoms with Crippen LogP contribution in [-0.2, 0) is 32.3 Å². The molecule has 2 aromatic rings. The van der Waals surface area contributed by atoms with Crippen molar-refractivity contribution in [1.29, 1.82) is 0 Å². The molecule has 9 heteroatoms. The minimum absolute atomic E-state index is 0.0435. The number of likely N-dealkylation sites (N-methyl/N-ethyl adjacent to an activating group) is 1. The highest BCUT2D eigenvalue weighted by atomic mass is 32.2. The fourth-order valence-electron chi connectivity index (χ4n) is 4.90. The monoisotopic (exact) mass is 483 g/mol. The van der Waals surface area contributed by atoms with Crippen LogP contribution in [-0.4, -0.2) is 72.2 Å². The molecular weight excluding hydrogens is 454 g/mol. The van der Waals surface area contributed by atoms with Crippen LogP contribution in [0.2, 0.25) is 0 Å². The second kappa shape index (κ2) is 9.58. The Balaban J connectivity index is 1.57. The van der Waals surface area contributed by atoms with E-state index in [0.29, 0.717) is 13.0 Å². The number of amides is 4. The summed E-state index contributed by atoms with van der Waals surface area (Å²) in [5.41, 5.74) is 0.576. The zero-order valence-electron chi connectivity index (χ0n) is 19.1. The molecule has 2 fully saturated rings. The summed E-state index contributed by atoms with van der Waals surface area (Å²) in [6.45, 7) is 1.66. The summed E-state index contributed by atoms with van der Waals surface area (Å²) in [5, 5.41) is 2.88. The molecule has 2 aromatic carbocycles. The van der Waals surface area contributed by atoms with Gasteiger partial charge in [0.25, 0.3) is 5.91 Å². The highest BCUT2D eigenvalue weighted by Crippen LogP contribution is 2.28. The summed E-state index contributed by atoms with van der Waals surface area (Å²) in [7, 11) is -3.17. The number of rotatable bonds is 8. The molecule has 0 aromatic heterocycles. The van der Waals surface area contributed by atoms with Crippen molar-refractivity contribution in [3.8, 4) is 0 Å². The zero-order chi connectivity index (χ0) is 24.3. The van der Waals surface area contributed by atoms with Gasteiger partial charge < -0.3 is 10.2 Å². The summed E-state index contributed by atoms with van der Waals surface area (Å²) in [6.07, 6.45) is 0.945. The van der Waals surface area contributed by atoms with Crippen molar-refractivity contribution in [2.24, 2.45) is 0 Å². The predicted octanol–water partition coefficient (Wildman–Crippen LogP) is 1.80. The van der Waals surface area contributed by atoms with Gasteiger partial charge in [0, 0.05) is 25.4 Å². The average Bonchev–Trinajstić information content (AvgIpc) is 3.27. The summed E-state index contributed by atoms with van der Waals surface area (Å²) in [6, 6.07) is 17.8. The lowest BCUT2D eigenvalue weighted by atomic mass is 9.84. The van der Waals surface area contributed by atoms with Crippen LogP contribution < -0.4 is 5.32 Å². The average molecular weight is 484 g/mol. The van der Waals surface area contributed by atoms with Gasteiger partial charge in [-0.15, -0.1) is 0 Å². The van der Waals surface area contributed by atoms with Gasteiger partial charge in [-0.2, -0.15) is 0 Å². The van der Waals surface area contributed by atoms with E-state index in [0.717, 1.165) is 16.0 Å². The SMILES string of the molecule is CCN(C(=O)CN1C(=O)NC(Cc2ccccc2)(Cc2ccccc2)C1=O)[C@H]1CCS(=O)(=O)C1. The smallest absolute Gasteiger partial charge is 0.325 e. The van der Waals surface area contributed by atoms with E-state index in [4.69, 9.17) is 0 Å². The molecule has 34 heavy (non-hydrogen) atoms.